The van der Waals surface area contributed by atoms with E-state index in [9.17, 15) is 4.79 Å². The van der Waals surface area contributed by atoms with E-state index in [2.05, 4.69) is 25.6 Å². The van der Waals surface area contributed by atoms with Crippen LogP contribution in [-0.4, -0.2) is 39.6 Å². The Hall–Kier alpha value is -1.61. The van der Waals surface area contributed by atoms with E-state index < -0.39 is 0 Å². The van der Waals surface area contributed by atoms with Gasteiger partial charge in [-0.2, -0.15) is 0 Å². The van der Waals surface area contributed by atoms with Gasteiger partial charge in [-0.3, -0.25) is 10.1 Å². The Morgan fingerprint density at radius 2 is 2.23 bits per heavy atom. The fraction of sp³-hybridized carbons (Fsp3) is 0.538. The van der Waals surface area contributed by atoms with E-state index in [1.807, 2.05) is 6.92 Å². The van der Waals surface area contributed by atoms with Crippen molar-refractivity contribution >= 4 is 40.0 Å². The van der Waals surface area contributed by atoms with E-state index in [0.29, 0.717) is 5.88 Å². The smallest absolute Gasteiger partial charge is 0.240 e. The number of hydrogen-bond donors (Lipinski definition) is 1. The van der Waals surface area contributed by atoms with Gasteiger partial charge in [0.05, 0.1) is 10.9 Å². The third-order valence-electron chi connectivity index (χ3n) is 3.29. The third-order valence-corrected chi connectivity index (χ3v) is 5.46. The molecule has 7 nitrogen and oxygen atoms in total. The maximum absolute atomic E-state index is 12.1. The molecule has 1 aliphatic rings. The van der Waals surface area contributed by atoms with E-state index >= 15 is 0 Å². The Morgan fingerprint density at radius 3 is 2.91 bits per heavy atom. The number of aromatic nitrogens is 3. The first-order valence-electron chi connectivity index (χ1n) is 7.11. The van der Waals surface area contributed by atoms with E-state index in [4.69, 9.17) is 4.52 Å². The number of amides is 1. The van der Waals surface area contributed by atoms with Crippen molar-refractivity contribution in [3.05, 3.63) is 11.8 Å². The molecule has 0 bridgehead atoms. The number of nitrogens with one attached hydrogen (secondary N) is 1. The highest BCUT2D eigenvalue weighted by Gasteiger charge is 2.21. The first-order chi connectivity index (χ1) is 10.6. The lowest BCUT2D eigenvalue weighted by molar-refractivity contribution is -0.115. The van der Waals surface area contributed by atoms with Gasteiger partial charge in [0.15, 0.2) is 4.34 Å². The highest BCUT2D eigenvalue weighted by molar-refractivity contribution is 8.02. The Labute approximate surface area is 136 Å². The van der Waals surface area contributed by atoms with Gasteiger partial charge in [0.2, 0.25) is 16.9 Å². The molecular weight excluding hydrogens is 322 g/mol. The molecule has 3 rings (SSSR count). The van der Waals surface area contributed by atoms with Gasteiger partial charge in [-0.15, -0.1) is 10.2 Å². The zero-order valence-corrected chi connectivity index (χ0v) is 14.0. The van der Waals surface area contributed by atoms with Crippen LogP contribution in [0.5, 0.6) is 0 Å². The van der Waals surface area contributed by atoms with Gasteiger partial charge in [0.1, 0.15) is 0 Å². The summed E-state index contributed by atoms with van der Waals surface area (Å²) < 4.78 is 5.79. The van der Waals surface area contributed by atoms with Crippen molar-refractivity contribution in [1.82, 2.24) is 15.4 Å². The van der Waals surface area contributed by atoms with Gasteiger partial charge in [0, 0.05) is 19.2 Å². The summed E-state index contributed by atoms with van der Waals surface area (Å²) in [4.78, 5) is 14.4. The highest BCUT2D eigenvalue weighted by atomic mass is 32.2. The van der Waals surface area contributed by atoms with Crippen molar-refractivity contribution in [3.63, 3.8) is 0 Å². The van der Waals surface area contributed by atoms with Crippen LogP contribution >= 0.6 is 23.1 Å². The zero-order chi connectivity index (χ0) is 15.5. The fourth-order valence-corrected chi connectivity index (χ4v) is 4.17. The number of carbonyl (C=O) groups is 1. The Morgan fingerprint density at radius 1 is 1.45 bits per heavy atom. The first-order valence-corrected chi connectivity index (χ1v) is 8.81. The number of nitrogens with zero attached hydrogens (tertiary/aromatic N) is 4. The molecule has 0 radical (unpaired) electrons. The molecule has 22 heavy (non-hydrogen) atoms. The van der Waals surface area contributed by atoms with Crippen LogP contribution in [0.2, 0.25) is 0 Å². The van der Waals surface area contributed by atoms with Crippen LogP contribution < -0.4 is 10.2 Å². The molecule has 0 unspecified atom stereocenters. The highest BCUT2D eigenvalue weighted by Crippen LogP contribution is 2.32. The van der Waals surface area contributed by atoms with Crippen molar-refractivity contribution in [2.75, 3.05) is 23.3 Å². The Balaban J connectivity index is 1.56. The van der Waals surface area contributed by atoms with E-state index in [1.54, 1.807) is 13.0 Å². The zero-order valence-electron chi connectivity index (χ0n) is 12.4. The second-order valence-electron chi connectivity index (χ2n) is 5.13. The number of hydrogen-bond acceptors (Lipinski definition) is 8. The first kappa shape index (κ1) is 15.3. The van der Waals surface area contributed by atoms with Crippen molar-refractivity contribution in [2.45, 2.75) is 36.3 Å². The van der Waals surface area contributed by atoms with Crippen LogP contribution in [-0.2, 0) is 4.79 Å². The molecule has 2 aromatic rings. The van der Waals surface area contributed by atoms with Crippen molar-refractivity contribution in [1.29, 1.82) is 0 Å². The Kier molecular flexibility index (Phi) is 4.63. The van der Waals surface area contributed by atoms with E-state index in [0.717, 1.165) is 28.3 Å². The maximum atomic E-state index is 12.1. The lowest BCUT2D eigenvalue weighted by Gasteiger charge is -2.11. The molecule has 1 N–H and O–H groups in total. The molecule has 3 heterocycles. The van der Waals surface area contributed by atoms with Gasteiger partial charge >= 0.3 is 0 Å². The maximum Gasteiger partial charge on any atom is 0.240 e. The number of aryl methyl sites for hydroxylation is 1. The molecule has 118 valence electrons. The van der Waals surface area contributed by atoms with Crippen molar-refractivity contribution in [3.8, 4) is 0 Å². The van der Waals surface area contributed by atoms with Gasteiger partial charge in [-0.25, -0.2) is 0 Å². The molecule has 0 spiro atoms. The standard InChI is InChI=1S/C13H17N5O2S2/c1-8-7-10(20-17-8)14-11(19)9(2)21-13-16-15-12(22-13)18-5-3-4-6-18/h7,9H,3-6H2,1-2H3,(H,14,19)/t9-/m0/s1. The predicted molar refractivity (Wildman–Crippen MR) is 86.5 cm³/mol. The summed E-state index contributed by atoms with van der Waals surface area (Å²) in [6.07, 6.45) is 2.41. The average molecular weight is 339 g/mol. The number of rotatable bonds is 5. The molecule has 9 heteroatoms. The molecular formula is C13H17N5O2S2. The minimum absolute atomic E-state index is 0.140. The number of carbonyl (C=O) groups excluding carboxylic acids is 1. The quantitative estimate of drug-likeness (QED) is 0.838. The topological polar surface area (TPSA) is 84.2 Å². The summed E-state index contributed by atoms with van der Waals surface area (Å²) in [7, 11) is 0. The SMILES string of the molecule is Cc1cc(NC(=O)[C@H](C)Sc2nnc(N3CCCC3)s2)on1. The summed E-state index contributed by atoms with van der Waals surface area (Å²) in [5.74, 6) is 0.226. The number of anilines is 2. The second-order valence-corrected chi connectivity index (χ2v) is 7.67. The van der Waals surface area contributed by atoms with Crippen LogP contribution in [0.3, 0.4) is 0 Å². The fourth-order valence-electron chi connectivity index (χ4n) is 2.14. The van der Waals surface area contributed by atoms with Crippen molar-refractivity contribution in [2.24, 2.45) is 0 Å². The van der Waals surface area contributed by atoms with Crippen molar-refractivity contribution < 1.29 is 9.32 Å². The summed E-state index contributed by atoms with van der Waals surface area (Å²) in [5.41, 5.74) is 0.731. The second kappa shape index (κ2) is 6.66. The van der Waals surface area contributed by atoms with Gasteiger partial charge in [0.25, 0.3) is 0 Å². The molecule has 0 aromatic carbocycles. The molecule has 1 aliphatic heterocycles. The molecule has 2 aromatic heterocycles. The van der Waals surface area contributed by atoms with Gasteiger partial charge < -0.3 is 9.42 Å². The van der Waals surface area contributed by atoms with Crippen LogP contribution in [0.4, 0.5) is 11.0 Å². The van der Waals surface area contributed by atoms with Crippen LogP contribution in [0.15, 0.2) is 14.9 Å². The van der Waals surface area contributed by atoms with Crippen LogP contribution in [0, 0.1) is 6.92 Å². The molecule has 0 aliphatic carbocycles. The predicted octanol–water partition coefficient (Wildman–Crippen LogP) is 2.55. The van der Waals surface area contributed by atoms with E-state index in [1.165, 1.54) is 35.9 Å². The molecule has 1 amide bonds. The average Bonchev–Trinajstić information content (AvgIpc) is 3.20. The monoisotopic (exact) mass is 339 g/mol. The van der Waals surface area contributed by atoms with Gasteiger partial charge in [-0.05, 0) is 26.7 Å². The summed E-state index contributed by atoms with van der Waals surface area (Å²) in [6.45, 7) is 5.72. The van der Waals surface area contributed by atoms with E-state index in [-0.39, 0.29) is 11.2 Å². The lowest BCUT2D eigenvalue weighted by atomic mass is 10.4. The lowest BCUT2D eigenvalue weighted by Crippen LogP contribution is -2.22. The molecule has 0 saturated carbocycles. The van der Waals surface area contributed by atoms with Gasteiger partial charge in [-0.1, -0.05) is 28.3 Å². The van der Waals surface area contributed by atoms with Crippen LogP contribution in [0.25, 0.3) is 0 Å². The summed E-state index contributed by atoms with van der Waals surface area (Å²) >= 11 is 2.94. The summed E-state index contributed by atoms with van der Waals surface area (Å²) in [6, 6.07) is 1.69. The molecule has 1 saturated heterocycles. The van der Waals surface area contributed by atoms with Crippen LogP contribution in [0.1, 0.15) is 25.5 Å². The minimum atomic E-state index is -0.287. The largest absolute Gasteiger partial charge is 0.347 e. The summed E-state index contributed by atoms with van der Waals surface area (Å²) in [5, 5.41) is 15.5. The minimum Gasteiger partial charge on any atom is -0.347 e. The third kappa shape index (κ3) is 3.58. The molecule has 1 atom stereocenters. The normalized spacial score (nSPS) is 16.0. The number of thioether (sulfide) groups is 1. The Bertz CT molecular complexity index is 650. The molecule has 1 fully saturated rings.